The maximum absolute atomic E-state index is 13.4. The predicted molar refractivity (Wildman–Crippen MR) is 135 cm³/mol. The highest BCUT2D eigenvalue weighted by Gasteiger charge is 2.36. The van der Waals surface area contributed by atoms with Gasteiger partial charge in [0.2, 0.25) is 10.0 Å². The molecule has 1 N–H and O–H groups in total. The Hall–Kier alpha value is -2.82. The zero-order chi connectivity index (χ0) is 25.9. The number of nitrogens with zero attached hydrogens (tertiary/aromatic N) is 3. The van der Waals surface area contributed by atoms with Crippen LogP contribution in [0.15, 0.2) is 47.4 Å². The molecule has 0 radical (unpaired) electrons. The van der Waals surface area contributed by atoms with Crippen LogP contribution in [0.5, 0.6) is 11.5 Å². The van der Waals surface area contributed by atoms with E-state index in [9.17, 15) is 18.3 Å². The minimum atomic E-state index is -3.79. The predicted octanol–water partition coefficient (Wildman–Crippen LogP) is 2.30. The number of amides is 1. The summed E-state index contributed by atoms with van der Waals surface area (Å²) in [6.07, 6.45) is -0.547. The lowest BCUT2D eigenvalue weighted by Crippen LogP contribution is -2.50. The van der Waals surface area contributed by atoms with E-state index in [1.807, 2.05) is 32.0 Å². The molecule has 0 saturated carbocycles. The molecule has 3 atom stereocenters. The molecule has 1 amide bonds. The first-order valence-corrected chi connectivity index (χ1v) is 12.9. The fourth-order valence-corrected chi connectivity index (χ4v) is 5.26. The third-order valence-corrected chi connectivity index (χ3v) is 8.19. The number of para-hydroxylation sites is 1. The molecule has 2 aromatic carbocycles. The molecule has 1 aliphatic heterocycles. The van der Waals surface area contributed by atoms with Gasteiger partial charge in [-0.05, 0) is 43.3 Å². The average Bonchev–Trinajstić information content (AvgIpc) is 2.84. The van der Waals surface area contributed by atoms with Gasteiger partial charge in [-0.15, -0.1) is 0 Å². The van der Waals surface area contributed by atoms with Gasteiger partial charge in [0.25, 0.3) is 5.91 Å². The molecule has 2 aromatic rings. The van der Waals surface area contributed by atoms with Crippen LogP contribution in [0.4, 0.5) is 5.69 Å². The second kappa shape index (κ2) is 10.8. The highest BCUT2D eigenvalue weighted by molar-refractivity contribution is 7.89. The standard InChI is InChI=1S/C25H35N3O6S/c1-17-14-28(18(2)16-29)25(30)21-8-7-9-22(26(3)4)24(21)34-23(17)15-27(5)35(31,32)20-12-10-19(33-6)11-13-20/h7-13,17-18,23,29H,14-16H2,1-6H3/t17-,18-,23+/m0/s1. The Kier molecular flexibility index (Phi) is 8.30. The number of fused-ring (bicyclic) bond motifs is 1. The normalized spacial score (nSPS) is 19.4. The molecule has 0 unspecified atom stereocenters. The number of methoxy groups -OCH3 is 1. The van der Waals surface area contributed by atoms with Crippen molar-refractivity contribution in [3.8, 4) is 11.5 Å². The van der Waals surface area contributed by atoms with Gasteiger partial charge in [-0.25, -0.2) is 8.42 Å². The molecular weight excluding hydrogens is 470 g/mol. The maximum atomic E-state index is 13.4. The van der Waals surface area contributed by atoms with Crippen molar-refractivity contribution in [2.24, 2.45) is 5.92 Å². The number of likely N-dealkylation sites (N-methyl/N-ethyl adjacent to an activating group) is 1. The van der Waals surface area contributed by atoms with E-state index in [0.717, 1.165) is 0 Å². The lowest BCUT2D eigenvalue weighted by Gasteiger charge is -2.38. The number of sulfonamides is 1. The van der Waals surface area contributed by atoms with Crippen LogP contribution < -0.4 is 14.4 Å². The Morgan fingerprint density at radius 1 is 1.17 bits per heavy atom. The van der Waals surface area contributed by atoms with E-state index in [4.69, 9.17) is 9.47 Å². The van der Waals surface area contributed by atoms with Crippen LogP contribution >= 0.6 is 0 Å². The smallest absolute Gasteiger partial charge is 0.258 e. The number of aliphatic hydroxyl groups excluding tert-OH is 1. The van der Waals surface area contributed by atoms with E-state index in [1.165, 1.54) is 30.6 Å². The summed E-state index contributed by atoms with van der Waals surface area (Å²) in [6.45, 7) is 3.92. The van der Waals surface area contributed by atoms with Crippen LogP contribution in [-0.4, -0.2) is 88.7 Å². The van der Waals surface area contributed by atoms with Crippen LogP contribution in [-0.2, 0) is 10.0 Å². The van der Waals surface area contributed by atoms with Gasteiger partial charge in [0.15, 0.2) is 5.75 Å². The van der Waals surface area contributed by atoms with Crippen molar-refractivity contribution in [1.82, 2.24) is 9.21 Å². The van der Waals surface area contributed by atoms with Crippen LogP contribution in [0.1, 0.15) is 24.2 Å². The van der Waals surface area contributed by atoms with Crippen LogP contribution in [0.3, 0.4) is 0 Å². The molecule has 1 heterocycles. The zero-order valence-electron chi connectivity index (χ0n) is 21.1. The number of carbonyl (C=O) groups excluding carboxylic acids is 1. The van der Waals surface area contributed by atoms with Crippen LogP contribution in [0, 0.1) is 5.92 Å². The second-order valence-electron chi connectivity index (χ2n) is 9.13. The first kappa shape index (κ1) is 26.8. The third kappa shape index (κ3) is 5.55. The minimum Gasteiger partial charge on any atom is -0.497 e. The Labute approximate surface area is 207 Å². The Balaban J connectivity index is 2.00. The molecule has 192 valence electrons. The van der Waals surface area contributed by atoms with Gasteiger partial charge in [0.05, 0.1) is 42.4 Å². The van der Waals surface area contributed by atoms with Crippen LogP contribution in [0.2, 0.25) is 0 Å². The Bertz CT molecular complexity index is 1140. The van der Waals surface area contributed by atoms with Crippen molar-refractivity contribution in [2.45, 2.75) is 30.9 Å². The zero-order valence-corrected chi connectivity index (χ0v) is 21.9. The quantitative estimate of drug-likeness (QED) is 0.588. The van der Waals surface area contributed by atoms with Gasteiger partial charge in [0.1, 0.15) is 11.9 Å². The van der Waals surface area contributed by atoms with Crippen molar-refractivity contribution < 1.29 is 27.8 Å². The number of rotatable bonds is 8. The van der Waals surface area contributed by atoms with Gasteiger partial charge < -0.3 is 24.4 Å². The Morgan fingerprint density at radius 2 is 1.83 bits per heavy atom. The number of hydrogen-bond acceptors (Lipinski definition) is 7. The lowest BCUT2D eigenvalue weighted by molar-refractivity contribution is 0.0388. The van der Waals surface area contributed by atoms with Gasteiger partial charge >= 0.3 is 0 Å². The molecule has 0 spiro atoms. The third-order valence-electron chi connectivity index (χ3n) is 6.36. The summed E-state index contributed by atoms with van der Waals surface area (Å²) >= 11 is 0. The van der Waals surface area contributed by atoms with E-state index in [0.29, 0.717) is 29.3 Å². The monoisotopic (exact) mass is 505 g/mol. The number of hydrogen-bond donors (Lipinski definition) is 1. The van der Waals surface area contributed by atoms with Crippen molar-refractivity contribution >= 4 is 21.6 Å². The van der Waals surface area contributed by atoms with Gasteiger partial charge in [0, 0.05) is 33.6 Å². The average molecular weight is 506 g/mol. The first-order valence-electron chi connectivity index (χ1n) is 11.5. The summed E-state index contributed by atoms with van der Waals surface area (Å²) in [4.78, 5) is 17.1. The summed E-state index contributed by atoms with van der Waals surface area (Å²) in [5.41, 5.74) is 1.10. The number of ether oxygens (including phenoxy) is 2. The van der Waals surface area contributed by atoms with E-state index < -0.39 is 22.2 Å². The van der Waals surface area contributed by atoms with E-state index >= 15 is 0 Å². The fraction of sp³-hybridized carbons (Fsp3) is 0.480. The SMILES string of the molecule is COc1ccc(S(=O)(=O)N(C)C[C@H]2Oc3c(cccc3N(C)C)C(=O)N([C@@H](C)CO)C[C@@H]2C)cc1. The first-order chi connectivity index (χ1) is 16.5. The van der Waals surface area contributed by atoms with Crippen molar-refractivity contribution in [3.05, 3.63) is 48.0 Å². The summed E-state index contributed by atoms with van der Waals surface area (Å²) in [5, 5.41) is 9.80. The van der Waals surface area contributed by atoms with Gasteiger partial charge in [-0.1, -0.05) is 13.0 Å². The van der Waals surface area contributed by atoms with Crippen molar-refractivity contribution in [3.63, 3.8) is 0 Å². The molecule has 0 bridgehead atoms. The van der Waals surface area contributed by atoms with E-state index in [1.54, 1.807) is 36.1 Å². The molecule has 1 aliphatic rings. The largest absolute Gasteiger partial charge is 0.497 e. The van der Waals surface area contributed by atoms with Gasteiger partial charge in [-0.2, -0.15) is 4.31 Å². The van der Waals surface area contributed by atoms with Crippen molar-refractivity contribution in [1.29, 1.82) is 0 Å². The molecule has 0 aromatic heterocycles. The molecule has 0 fully saturated rings. The van der Waals surface area contributed by atoms with E-state index in [2.05, 4.69) is 0 Å². The number of benzene rings is 2. The topological polar surface area (TPSA) is 99.6 Å². The number of carbonyl (C=O) groups is 1. The number of aliphatic hydroxyl groups is 1. The fourth-order valence-electron chi connectivity index (χ4n) is 4.08. The minimum absolute atomic E-state index is 0.0757. The molecule has 0 aliphatic carbocycles. The lowest BCUT2D eigenvalue weighted by atomic mass is 9.99. The maximum Gasteiger partial charge on any atom is 0.258 e. The summed E-state index contributed by atoms with van der Waals surface area (Å²) in [6, 6.07) is 11.2. The Morgan fingerprint density at radius 3 is 2.40 bits per heavy atom. The molecule has 0 saturated heterocycles. The van der Waals surface area contributed by atoms with E-state index in [-0.39, 0.29) is 29.9 Å². The molecular formula is C25H35N3O6S. The second-order valence-corrected chi connectivity index (χ2v) is 11.2. The van der Waals surface area contributed by atoms with Gasteiger partial charge in [-0.3, -0.25) is 4.79 Å². The molecule has 35 heavy (non-hydrogen) atoms. The van der Waals surface area contributed by atoms with Crippen molar-refractivity contribution in [2.75, 3.05) is 52.8 Å². The van der Waals surface area contributed by atoms with Crippen LogP contribution in [0.25, 0.3) is 0 Å². The molecule has 10 heteroatoms. The highest BCUT2D eigenvalue weighted by Crippen LogP contribution is 2.36. The summed E-state index contributed by atoms with van der Waals surface area (Å²) in [5.74, 6) is 0.531. The highest BCUT2D eigenvalue weighted by atomic mass is 32.2. The summed E-state index contributed by atoms with van der Waals surface area (Å²) < 4.78 is 39.4. The summed E-state index contributed by atoms with van der Waals surface area (Å²) in [7, 11) is 2.96. The molecule has 3 rings (SSSR count). The number of anilines is 1. The molecule has 9 nitrogen and oxygen atoms in total.